The molecule has 0 N–H and O–H groups in total. The largest absolute Gasteiger partial charge is 0.327 e. The fourth-order valence-electron chi connectivity index (χ4n) is 2.73. The van der Waals surface area contributed by atoms with Crippen LogP contribution in [0, 0.1) is 14.9 Å². The zero-order valence-corrected chi connectivity index (χ0v) is 15.2. The summed E-state index contributed by atoms with van der Waals surface area (Å²) in [4.78, 5) is 12.7. The molecule has 0 unspecified atom stereocenters. The number of nitriles is 1. The highest BCUT2D eigenvalue weighted by atomic mass is 127. The molecule has 4 rings (SSSR count). The predicted molar refractivity (Wildman–Crippen MR) is 101 cm³/mol. The summed E-state index contributed by atoms with van der Waals surface area (Å²) in [5.74, 6) is 0. The van der Waals surface area contributed by atoms with Crippen LogP contribution in [-0.4, -0.2) is 19.5 Å². The lowest BCUT2D eigenvalue weighted by Crippen LogP contribution is -2.00. The summed E-state index contributed by atoms with van der Waals surface area (Å²) in [6.07, 6.45) is 5.06. The quantitative estimate of drug-likeness (QED) is 0.435. The van der Waals surface area contributed by atoms with Crippen LogP contribution in [-0.2, 0) is 6.54 Å². The van der Waals surface area contributed by atoms with Gasteiger partial charge in [0.15, 0.2) is 5.69 Å². The molecule has 7 heteroatoms. The molecular weight excluding hydrogens is 437 g/mol. The topological polar surface area (TPSA) is 67.4 Å². The number of pyridine rings is 1. The second kappa shape index (κ2) is 6.00. The Bertz CT molecular complexity index is 1130. The third-order valence-electron chi connectivity index (χ3n) is 3.78. The molecule has 0 saturated heterocycles. The van der Waals surface area contributed by atoms with E-state index in [4.69, 9.17) is 11.6 Å². The van der Waals surface area contributed by atoms with Crippen molar-refractivity contribution in [3.63, 3.8) is 0 Å². The fourth-order valence-corrected chi connectivity index (χ4v) is 3.73. The molecule has 4 aromatic rings. The first-order chi connectivity index (χ1) is 11.7. The zero-order chi connectivity index (χ0) is 16.7. The van der Waals surface area contributed by atoms with Gasteiger partial charge in [-0.05, 0) is 46.4 Å². The minimum atomic E-state index is 0.401. The van der Waals surface area contributed by atoms with Gasteiger partial charge in [-0.3, -0.25) is 4.98 Å². The van der Waals surface area contributed by atoms with Gasteiger partial charge in [0.25, 0.3) is 0 Å². The molecule has 0 fully saturated rings. The number of nitrogens with zero attached hydrogens (tertiary/aromatic N) is 5. The summed E-state index contributed by atoms with van der Waals surface area (Å²) in [6, 6.07) is 10.1. The predicted octanol–water partition coefficient (Wildman–Crippen LogP) is 4.16. The first-order valence-corrected chi connectivity index (χ1v) is 8.55. The Morgan fingerprint density at radius 1 is 1.21 bits per heavy atom. The average Bonchev–Trinajstić information content (AvgIpc) is 2.90. The Kier molecular flexibility index (Phi) is 3.82. The van der Waals surface area contributed by atoms with Crippen molar-refractivity contribution in [3.8, 4) is 6.07 Å². The summed E-state index contributed by atoms with van der Waals surface area (Å²) >= 11 is 8.24. The Morgan fingerprint density at radius 3 is 2.92 bits per heavy atom. The molecule has 3 heterocycles. The van der Waals surface area contributed by atoms with Crippen LogP contribution in [0.25, 0.3) is 21.9 Å². The van der Waals surface area contributed by atoms with Crippen molar-refractivity contribution in [3.05, 3.63) is 62.8 Å². The van der Waals surface area contributed by atoms with Gasteiger partial charge in [-0.25, -0.2) is 9.97 Å². The maximum absolute atomic E-state index is 9.23. The van der Waals surface area contributed by atoms with Crippen molar-refractivity contribution in [2.75, 3.05) is 0 Å². The molecule has 1 aromatic carbocycles. The standard InChI is InChI=1S/C17H9ClIN5/c18-12-4-11-3-10(1-2-14(11)21-6-12)7-24-8-13(19)16-15(5-20)22-9-23-17(16)24/h1-4,6,8-9H,7H2. The highest BCUT2D eigenvalue weighted by Gasteiger charge is 2.13. The van der Waals surface area contributed by atoms with E-state index in [-0.39, 0.29) is 0 Å². The van der Waals surface area contributed by atoms with Crippen molar-refractivity contribution < 1.29 is 0 Å². The molecule has 0 aliphatic heterocycles. The van der Waals surface area contributed by atoms with E-state index in [9.17, 15) is 5.26 Å². The van der Waals surface area contributed by atoms with E-state index in [1.54, 1.807) is 6.20 Å². The fraction of sp³-hybridized carbons (Fsp3) is 0.0588. The van der Waals surface area contributed by atoms with E-state index >= 15 is 0 Å². The van der Waals surface area contributed by atoms with E-state index in [2.05, 4.69) is 49.7 Å². The summed E-state index contributed by atoms with van der Waals surface area (Å²) in [7, 11) is 0. The van der Waals surface area contributed by atoms with Gasteiger partial charge in [0.05, 0.1) is 15.9 Å². The molecule has 0 saturated carbocycles. The molecule has 0 aliphatic carbocycles. The first-order valence-electron chi connectivity index (χ1n) is 7.09. The van der Waals surface area contributed by atoms with Crippen molar-refractivity contribution in [1.29, 1.82) is 5.26 Å². The number of halogens is 2. The third-order valence-corrected chi connectivity index (χ3v) is 4.80. The minimum absolute atomic E-state index is 0.401. The lowest BCUT2D eigenvalue weighted by Gasteiger charge is -2.06. The monoisotopic (exact) mass is 445 g/mol. The SMILES string of the molecule is N#Cc1ncnc2c1c(I)cn2Cc1ccc2ncc(Cl)cc2c1. The minimum Gasteiger partial charge on any atom is -0.327 e. The maximum atomic E-state index is 9.23. The average molecular weight is 446 g/mol. The van der Waals surface area contributed by atoms with Gasteiger partial charge >= 0.3 is 0 Å². The van der Waals surface area contributed by atoms with E-state index in [1.807, 2.05) is 29.0 Å². The van der Waals surface area contributed by atoms with Gasteiger partial charge in [0.2, 0.25) is 0 Å². The number of rotatable bonds is 2. The smallest absolute Gasteiger partial charge is 0.154 e. The molecule has 0 aliphatic rings. The molecule has 3 aromatic heterocycles. The molecule has 116 valence electrons. The van der Waals surface area contributed by atoms with Crippen LogP contribution in [0.5, 0.6) is 0 Å². The zero-order valence-electron chi connectivity index (χ0n) is 12.2. The summed E-state index contributed by atoms with van der Waals surface area (Å²) < 4.78 is 2.99. The van der Waals surface area contributed by atoms with Gasteiger partial charge in [-0.2, -0.15) is 5.26 Å². The van der Waals surface area contributed by atoms with Crippen LogP contribution in [0.15, 0.2) is 43.0 Å². The molecule has 0 atom stereocenters. The van der Waals surface area contributed by atoms with Crippen LogP contribution >= 0.6 is 34.2 Å². The number of fused-ring (bicyclic) bond motifs is 2. The molecule has 5 nitrogen and oxygen atoms in total. The third kappa shape index (κ3) is 2.60. The van der Waals surface area contributed by atoms with Crippen LogP contribution in [0.4, 0.5) is 0 Å². The molecule has 0 radical (unpaired) electrons. The molecular formula is C17H9ClIN5. The first kappa shape index (κ1) is 15.3. The Labute approximate surface area is 156 Å². The van der Waals surface area contributed by atoms with Gasteiger partial charge in [-0.15, -0.1) is 0 Å². The number of aromatic nitrogens is 4. The number of hydrogen-bond donors (Lipinski definition) is 0. The summed E-state index contributed by atoms with van der Waals surface area (Å²) in [5, 5.41) is 11.6. The van der Waals surface area contributed by atoms with E-state index in [0.29, 0.717) is 17.3 Å². The van der Waals surface area contributed by atoms with Gasteiger partial charge in [-0.1, -0.05) is 17.7 Å². The van der Waals surface area contributed by atoms with Crippen molar-refractivity contribution in [1.82, 2.24) is 19.5 Å². The van der Waals surface area contributed by atoms with Crippen LogP contribution in [0.3, 0.4) is 0 Å². The van der Waals surface area contributed by atoms with Gasteiger partial charge < -0.3 is 4.57 Å². The molecule has 0 bridgehead atoms. The Morgan fingerprint density at radius 2 is 2.08 bits per heavy atom. The Hall–Kier alpha value is -2.24. The second-order valence-corrected chi connectivity index (χ2v) is 6.92. The summed E-state index contributed by atoms with van der Waals surface area (Å²) in [5.41, 5.74) is 3.18. The lowest BCUT2D eigenvalue weighted by atomic mass is 10.1. The Balaban J connectivity index is 1.81. The van der Waals surface area contributed by atoms with Crippen molar-refractivity contribution >= 4 is 56.1 Å². The lowest BCUT2D eigenvalue weighted by molar-refractivity contribution is 0.823. The van der Waals surface area contributed by atoms with Gasteiger partial charge in [0, 0.05) is 27.9 Å². The highest BCUT2D eigenvalue weighted by Crippen LogP contribution is 2.25. The second-order valence-electron chi connectivity index (χ2n) is 5.32. The normalized spacial score (nSPS) is 11.0. The number of hydrogen-bond acceptors (Lipinski definition) is 4. The molecule has 0 amide bonds. The summed E-state index contributed by atoms with van der Waals surface area (Å²) in [6.45, 7) is 0.643. The van der Waals surface area contributed by atoms with Crippen LogP contribution in [0.2, 0.25) is 5.02 Å². The number of benzene rings is 1. The van der Waals surface area contributed by atoms with E-state index < -0.39 is 0 Å². The highest BCUT2D eigenvalue weighted by molar-refractivity contribution is 14.1. The van der Waals surface area contributed by atoms with E-state index in [0.717, 1.165) is 31.1 Å². The molecule has 24 heavy (non-hydrogen) atoms. The van der Waals surface area contributed by atoms with Crippen molar-refractivity contribution in [2.24, 2.45) is 0 Å². The molecule has 0 spiro atoms. The van der Waals surface area contributed by atoms with E-state index in [1.165, 1.54) is 6.33 Å². The van der Waals surface area contributed by atoms with Crippen LogP contribution < -0.4 is 0 Å². The van der Waals surface area contributed by atoms with Crippen LogP contribution in [0.1, 0.15) is 11.3 Å². The maximum Gasteiger partial charge on any atom is 0.154 e. The van der Waals surface area contributed by atoms with Gasteiger partial charge in [0.1, 0.15) is 18.0 Å². The van der Waals surface area contributed by atoms with Crippen molar-refractivity contribution in [2.45, 2.75) is 6.54 Å².